The van der Waals surface area contributed by atoms with Crippen molar-refractivity contribution < 1.29 is 14.6 Å². The lowest BCUT2D eigenvalue weighted by Crippen LogP contribution is -2.63. The van der Waals surface area contributed by atoms with Crippen LogP contribution in [0.3, 0.4) is 0 Å². The SMILES string of the molecule is CCOc1cc(/C=[NH+]/N=C(N)N)ccc1OCc1cccs1. The average Bonchev–Trinajstić information content (AvgIpc) is 3.00. The summed E-state index contributed by atoms with van der Waals surface area (Å²) in [5, 5.41) is 8.37. The first kappa shape index (κ1) is 15.8. The van der Waals surface area contributed by atoms with Crippen molar-refractivity contribution in [2.24, 2.45) is 16.6 Å². The number of hydrogen-bond donors (Lipinski definition) is 3. The monoisotopic (exact) mass is 319 g/mol. The second-order valence-corrected chi connectivity index (χ2v) is 5.35. The van der Waals surface area contributed by atoms with E-state index in [2.05, 4.69) is 10.2 Å². The van der Waals surface area contributed by atoms with Gasteiger partial charge in [0, 0.05) is 15.5 Å². The van der Waals surface area contributed by atoms with Crippen LogP contribution >= 0.6 is 11.3 Å². The first-order chi connectivity index (χ1) is 10.7. The number of hydrazone groups is 1. The van der Waals surface area contributed by atoms with E-state index in [9.17, 15) is 0 Å². The van der Waals surface area contributed by atoms with Crippen molar-refractivity contribution in [2.45, 2.75) is 13.5 Å². The fourth-order valence-electron chi connectivity index (χ4n) is 1.73. The van der Waals surface area contributed by atoms with Crippen molar-refractivity contribution >= 4 is 23.5 Å². The topological polar surface area (TPSA) is 96.8 Å². The molecule has 7 heteroatoms. The summed E-state index contributed by atoms with van der Waals surface area (Å²) < 4.78 is 11.4. The number of nitrogens with zero attached hydrogens (tertiary/aromatic N) is 1. The first-order valence-electron chi connectivity index (χ1n) is 6.78. The summed E-state index contributed by atoms with van der Waals surface area (Å²) in [7, 11) is 0. The third-order valence-corrected chi connectivity index (χ3v) is 3.49. The van der Waals surface area contributed by atoms with Gasteiger partial charge in [0.05, 0.1) is 6.61 Å². The first-order valence-corrected chi connectivity index (χ1v) is 7.66. The molecule has 0 spiro atoms. The Balaban J connectivity index is 2.12. The molecule has 0 fully saturated rings. The molecule has 5 N–H and O–H groups in total. The van der Waals surface area contributed by atoms with Crippen LogP contribution in [0.25, 0.3) is 0 Å². The number of rotatable bonds is 7. The Labute approximate surface area is 133 Å². The summed E-state index contributed by atoms with van der Waals surface area (Å²) in [5.41, 5.74) is 11.4. The molecule has 116 valence electrons. The predicted octanol–water partition coefficient (Wildman–Crippen LogP) is 0.414. The van der Waals surface area contributed by atoms with Crippen LogP contribution in [0.4, 0.5) is 0 Å². The lowest BCUT2D eigenvalue weighted by Gasteiger charge is -2.11. The van der Waals surface area contributed by atoms with Crippen LogP contribution in [0, 0.1) is 0 Å². The Morgan fingerprint density at radius 2 is 2.14 bits per heavy atom. The smallest absolute Gasteiger partial charge is 0.256 e. The van der Waals surface area contributed by atoms with Crippen molar-refractivity contribution in [3.8, 4) is 11.5 Å². The molecule has 0 amide bonds. The second kappa shape index (κ2) is 8.04. The highest BCUT2D eigenvalue weighted by atomic mass is 32.1. The molecule has 0 saturated heterocycles. The zero-order valence-corrected chi connectivity index (χ0v) is 13.1. The van der Waals surface area contributed by atoms with Gasteiger partial charge in [0.2, 0.25) is 6.21 Å². The number of nitrogens with one attached hydrogen (secondary N) is 1. The summed E-state index contributed by atoms with van der Waals surface area (Å²) >= 11 is 1.66. The molecule has 0 aliphatic carbocycles. The van der Waals surface area contributed by atoms with E-state index in [0.717, 1.165) is 10.4 Å². The fraction of sp³-hybridized carbons (Fsp3) is 0.200. The van der Waals surface area contributed by atoms with Gasteiger partial charge in [-0.25, -0.2) is 0 Å². The summed E-state index contributed by atoms with van der Waals surface area (Å²) in [6.07, 6.45) is 1.67. The molecule has 1 heterocycles. The number of nitrogens with two attached hydrogens (primary N) is 2. The summed E-state index contributed by atoms with van der Waals surface area (Å²) in [6, 6.07) is 9.65. The molecule has 6 nitrogen and oxygen atoms in total. The maximum Gasteiger partial charge on any atom is 0.256 e. The van der Waals surface area contributed by atoms with Crippen molar-refractivity contribution in [3.63, 3.8) is 0 Å². The molecular weight excluding hydrogens is 300 g/mol. The maximum absolute atomic E-state index is 5.82. The normalized spacial score (nSPS) is 10.6. The Kier molecular flexibility index (Phi) is 5.79. The van der Waals surface area contributed by atoms with Crippen LogP contribution in [0.2, 0.25) is 0 Å². The van der Waals surface area contributed by atoms with Gasteiger partial charge in [-0.15, -0.1) is 16.4 Å². The molecule has 0 aliphatic heterocycles. The van der Waals surface area contributed by atoms with Gasteiger partial charge in [0.15, 0.2) is 11.5 Å². The third-order valence-electron chi connectivity index (χ3n) is 2.64. The Morgan fingerprint density at radius 3 is 2.82 bits per heavy atom. The molecule has 1 aromatic carbocycles. The van der Waals surface area contributed by atoms with Crippen LogP contribution in [0.15, 0.2) is 40.8 Å². The van der Waals surface area contributed by atoms with Gasteiger partial charge in [0.1, 0.15) is 6.61 Å². The molecular formula is C15H19N4O2S+. The largest absolute Gasteiger partial charge is 0.490 e. The lowest BCUT2D eigenvalue weighted by molar-refractivity contribution is -0.456. The highest BCUT2D eigenvalue weighted by molar-refractivity contribution is 7.09. The predicted molar refractivity (Wildman–Crippen MR) is 88.2 cm³/mol. The molecule has 2 aromatic rings. The van der Waals surface area contributed by atoms with Crippen LogP contribution in [-0.2, 0) is 6.61 Å². The standard InChI is InChI=1S/C15H18N4O2S/c1-2-20-14-8-11(9-18-19-15(16)17)5-6-13(14)21-10-12-4-3-7-22-12/h3-9H,2,10H2,1H3,(H4,16,17,19)/p+1/b18-9+. The van der Waals surface area contributed by atoms with Crippen molar-refractivity contribution in [3.05, 3.63) is 46.2 Å². The van der Waals surface area contributed by atoms with E-state index in [-0.39, 0.29) is 5.96 Å². The third kappa shape index (κ3) is 4.78. The fourth-order valence-corrected chi connectivity index (χ4v) is 2.34. The highest BCUT2D eigenvalue weighted by Crippen LogP contribution is 2.29. The quantitative estimate of drug-likeness (QED) is 0.391. The van der Waals surface area contributed by atoms with Gasteiger partial charge in [-0.1, -0.05) is 6.07 Å². The molecule has 0 aliphatic rings. The minimum Gasteiger partial charge on any atom is -0.490 e. The molecule has 22 heavy (non-hydrogen) atoms. The molecule has 0 saturated carbocycles. The summed E-state index contributed by atoms with van der Waals surface area (Å²) in [6.45, 7) is 3.00. The highest BCUT2D eigenvalue weighted by Gasteiger charge is 2.07. The van der Waals surface area contributed by atoms with Crippen molar-refractivity contribution in [2.75, 3.05) is 6.61 Å². The average molecular weight is 319 g/mol. The molecule has 0 bridgehead atoms. The van der Waals surface area contributed by atoms with Crippen LogP contribution in [0.5, 0.6) is 11.5 Å². The van der Waals surface area contributed by atoms with E-state index in [1.54, 1.807) is 17.6 Å². The van der Waals surface area contributed by atoms with Gasteiger partial charge in [-0.2, -0.15) is 0 Å². The van der Waals surface area contributed by atoms with E-state index >= 15 is 0 Å². The number of guanidine groups is 1. The van der Waals surface area contributed by atoms with E-state index in [1.807, 2.05) is 42.6 Å². The summed E-state index contributed by atoms with van der Waals surface area (Å²) in [4.78, 5) is 1.16. The Hall–Kier alpha value is -2.54. The molecule has 0 atom stereocenters. The Bertz CT molecular complexity index is 650. The van der Waals surface area contributed by atoms with E-state index in [4.69, 9.17) is 20.9 Å². The van der Waals surface area contributed by atoms with Gasteiger partial charge < -0.3 is 20.9 Å². The number of hydrogen-bond acceptors (Lipinski definition) is 4. The molecule has 2 rings (SSSR count). The second-order valence-electron chi connectivity index (χ2n) is 4.32. The van der Waals surface area contributed by atoms with Gasteiger partial charge in [-0.3, -0.25) is 0 Å². The number of ether oxygens (including phenoxy) is 2. The minimum atomic E-state index is -0.0304. The zero-order valence-electron chi connectivity index (χ0n) is 12.3. The van der Waals surface area contributed by atoms with Crippen LogP contribution < -0.4 is 26.0 Å². The van der Waals surface area contributed by atoms with E-state index < -0.39 is 0 Å². The van der Waals surface area contributed by atoms with Crippen LogP contribution in [0.1, 0.15) is 17.4 Å². The van der Waals surface area contributed by atoms with Crippen molar-refractivity contribution in [1.82, 2.24) is 0 Å². The van der Waals surface area contributed by atoms with Gasteiger partial charge in [0.25, 0.3) is 5.96 Å². The zero-order chi connectivity index (χ0) is 15.8. The van der Waals surface area contributed by atoms with Gasteiger partial charge >= 0.3 is 0 Å². The maximum atomic E-state index is 5.82. The Morgan fingerprint density at radius 1 is 1.27 bits per heavy atom. The van der Waals surface area contributed by atoms with E-state index in [1.165, 1.54) is 0 Å². The molecule has 0 unspecified atom stereocenters. The summed E-state index contributed by atoms with van der Waals surface area (Å²) in [5.74, 6) is 1.35. The van der Waals surface area contributed by atoms with E-state index in [0.29, 0.717) is 24.7 Å². The molecule has 1 aromatic heterocycles. The molecule has 0 radical (unpaired) electrons. The number of benzene rings is 1. The number of thiophene rings is 1. The van der Waals surface area contributed by atoms with Crippen LogP contribution in [-0.4, -0.2) is 18.8 Å². The van der Waals surface area contributed by atoms with Gasteiger partial charge in [-0.05, 0) is 36.6 Å². The van der Waals surface area contributed by atoms with Crippen molar-refractivity contribution in [1.29, 1.82) is 0 Å². The minimum absolute atomic E-state index is 0.0304. The lowest BCUT2D eigenvalue weighted by atomic mass is 10.2.